The average Bonchev–Trinajstić information content (AvgIpc) is 2.80. The molecule has 1 aromatic heterocycles. The lowest BCUT2D eigenvalue weighted by Gasteiger charge is -2.22. The third-order valence-electron chi connectivity index (χ3n) is 3.77. The molecule has 1 unspecified atom stereocenters. The molecule has 0 saturated heterocycles. The van der Waals surface area contributed by atoms with Crippen LogP contribution in [0.25, 0.3) is 0 Å². The van der Waals surface area contributed by atoms with Crippen molar-refractivity contribution >= 4 is 5.78 Å². The highest BCUT2D eigenvalue weighted by Gasteiger charge is 2.31. The van der Waals surface area contributed by atoms with Crippen LogP contribution in [0.3, 0.4) is 0 Å². The minimum Gasteiger partial charge on any atom is -0.496 e. The number of carbonyl (C=O) groups is 1. The van der Waals surface area contributed by atoms with Gasteiger partial charge in [-0.05, 0) is 24.1 Å². The molecule has 19 heavy (non-hydrogen) atoms. The summed E-state index contributed by atoms with van der Waals surface area (Å²) in [4.78, 5) is 12.3. The molecule has 98 valence electrons. The van der Waals surface area contributed by atoms with Crippen LogP contribution in [0.15, 0.2) is 34.9 Å². The van der Waals surface area contributed by atoms with Crippen molar-refractivity contribution in [3.05, 3.63) is 53.0 Å². The van der Waals surface area contributed by atoms with E-state index in [9.17, 15) is 4.79 Å². The molecule has 0 N–H and O–H groups in total. The lowest BCUT2D eigenvalue weighted by molar-refractivity contribution is 0.0959. The van der Waals surface area contributed by atoms with Crippen LogP contribution in [0.1, 0.15) is 39.6 Å². The van der Waals surface area contributed by atoms with Gasteiger partial charge >= 0.3 is 0 Å². The molecule has 0 bridgehead atoms. The van der Waals surface area contributed by atoms with Crippen LogP contribution >= 0.6 is 0 Å². The van der Waals surface area contributed by atoms with Crippen molar-refractivity contribution < 1.29 is 13.9 Å². The van der Waals surface area contributed by atoms with Crippen molar-refractivity contribution in [1.29, 1.82) is 0 Å². The van der Waals surface area contributed by atoms with Crippen molar-refractivity contribution in [2.75, 3.05) is 7.11 Å². The van der Waals surface area contributed by atoms with E-state index in [2.05, 4.69) is 0 Å². The number of hydrogen-bond acceptors (Lipinski definition) is 3. The quantitative estimate of drug-likeness (QED) is 0.825. The molecular formula is C16H16O3. The van der Waals surface area contributed by atoms with Gasteiger partial charge in [-0.2, -0.15) is 0 Å². The van der Waals surface area contributed by atoms with Crippen LogP contribution in [-0.2, 0) is 6.42 Å². The molecule has 1 aliphatic carbocycles. The van der Waals surface area contributed by atoms with Crippen molar-refractivity contribution in [2.45, 2.75) is 25.7 Å². The zero-order valence-corrected chi connectivity index (χ0v) is 11.1. The Hall–Kier alpha value is -2.03. The van der Waals surface area contributed by atoms with E-state index >= 15 is 0 Å². The van der Waals surface area contributed by atoms with Crippen LogP contribution in [0, 0.1) is 6.92 Å². The number of aryl methyl sites for hydroxylation is 1. The number of Topliss-reactive ketones (excluding diaryl/α,β-unsaturated/α-hetero) is 1. The lowest BCUT2D eigenvalue weighted by Crippen LogP contribution is -2.18. The van der Waals surface area contributed by atoms with E-state index in [-0.39, 0.29) is 11.7 Å². The van der Waals surface area contributed by atoms with E-state index in [1.165, 1.54) is 0 Å². The maximum atomic E-state index is 12.3. The van der Waals surface area contributed by atoms with Crippen molar-refractivity contribution in [3.8, 4) is 5.75 Å². The maximum Gasteiger partial charge on any atom is 0.167 e. The molecule has 3 nitrogen and oxygen atoms in total. The van der Waals surface area contributed by atoms with Crippen LogP contribution in [-0.4, -0.2) is 12.9 Å². The molecule has 1 aliphatic rings. The lowest BCUT2D eigenvalue weighted by atomic mass is 9.81. The molecular weight excluding hydrogens is 240 g/mol. The van der Waals surface area contributed by atoms with Gasteiger partial charge in [-0.25, -0.2) is 0 Å². The van der Waals surface area contributed by atoms with Crippen molar-refractivity contribution in [1.82, 2.24) is 0 Å². The number of ketones is 1. The molecule has 1 aromatic carbocycles. The average molecular weight is 256 g/mol. The Morgan fingerprint density at radius 2 is 2.05 bits per heavy atom. The highest BCUT2D eigenvalue weighted by atomic mass is 16.5. The number of furan rings is 1. The van der Waals surface area contributed by atoms with E-state index in [0.29, 0.717) is 6.42 Å². The van der Waals surface area contributed by atoms with Gasteiger partial charge in [-0.15, -0.1) is 0 Å². The standard InChI is InChI=1S/C16H16O3/c1-10-9-19-15-8-11(7-13(17)16(10)15)12-5-3-4-6-14(12)18-2/h3-6,9,11H,7-8H2,1-2H3. The fraction of sp³-hybridized carbons (Fsp3) is 0.312. The maximum absolute atomic E-state index is 12.3. The van der Waals surface area contributed by atoms with Gasteiger partial charge in [-0.3, -0.25) is 4.79 Å². The number of benzene rings is 1. The molecule has 0 radical (unpaired) electrons. The van der Waals surface area contributed by atoms with Crippen LogP contribution in [0.5, 0.6) is 5.75 Å². The molecule has 0 saturated carbocycles. The molecule has 2 aromatic rings. The Morgan fingerprint density at radius 1 is 1.26 bits per heavy atom. The summed E-state index contributed by atoms with van der Waals surface area (Å²) in [6, 6.07) is 7.88. The molecule has 0 fully saturated rings. The third kappa shape index (κ3) is 1.95. The van der Waals surface area contributed by atoms with Gasteiger partial charge in [0.1, 0.15) is 11.5 Å². The summed E-state index contributed by atoms with van der Waals surface area (Å²) in [7, 11) is 1.66. The highest BCUT2D eigenvalue weighted by molar-refractivity contribution is 6.00. The van der Waals surface area contributed by atoms with Gasteiger partial charge in [-0.1, -0.05) is 18.2 Å². The first-order valence-electron chi connectivity index (χ1n) is 6.43. The number of carbonyl (C=O) groups excluding carboxylic acids is 1. The summed E-state index contributed by atoms with van der Waals surface area (Å²) in [5, 5.41) is 0. The SMILES string of the molecule is COc1ccccc1C1CC(=O)c2c(C)coc2C1. The Morgan fingerprint density at radius 3 is 2.84 bits per heavy atom. The molecule has 1 atom stereocenters. The van der Waals surface area contributed by atoms with Gasteiger partial charge in [0, 0.05) is 18.8 Å². The number of rotatable bonds is 2. The van der Waals surface area contributed by atoms with Gasteiger partial charge in [0.15, 0.2) is 5.78 Å². The summed E-state index contributed by atoms with van der Waals surface area (Å²) in [5.74, 6) is 1.96. The number of hydrogen-bond donors (Lipinski definition) is 0. The Kier molecular flexibility index (Phi) is 2.90. The topological polar surface area (TPSA) is 39.4 Å². The summed E-state index contributed by atoms with van der Waals surface area (Å²) in [6.07, 6.45) is 2.95. The van der Waals surface area contributed by atoms with E-state index in [1.807, 2.05) is 31.2 Å². The van der Waals surface area contributed by atoms with Gasteiger partial charge in [0.05, 0.1) is 18.9 Å². The van der Waals surface area contributed by atoms with E-state index in [0.717, 1.165) is 34.6 Å². The monoisotopic (exact) mass is 256 g/mol. The van der Waals surface area contributed by atoms with E-state index in [1.54, 1.807) is 13.4 Å². The molecule has 0 spiro atoms. The second-order valence-electron chi connectivity index (χ2n) is 4.99. The first-order chi connectivity index (χ1) is 9.20. The predicted molar refractivity (Wildman–Crippen MR) is 71.8 cm³/mol. The van der Waals surface area contributed by atoms with Gasteiger partial charge < -0.3 is 9.15 Å². The molecule has 0 aliphatic heterocycles. The largest absolute Gasteiger partial charge is 0.496 e. The minimum atomic E-state index is 0.140. The fourth-order valence-corrected chi connectivity index (χ4v) is 2.87. The molecule has 3 heteroatoms. The normalized spacial score (nSPS) is 18.2. The molecule has 0 amide bonds. The zero-order chi connectivity index (χ0) is 13.4. The number of para-hydroxylation sites is 1. The van der Waals surface area contributed by atoms with Crippen molar-refractivity contribution in [3.63, 3.8) is 0 Å². The number of ether oxygens (including phenoxy) is 1. The Balaban J connectivity index is 1.99. The summed E-state index contributed by atoms with van der Waals surface area (Å²) < 4.78 is 10.9. The Bertz CT molecular complexity index is 625. The predicted octanol–water partition coefficient (Wildman–Crippen LogP) is 3.51. The highest BCUT2D eigenvalue weighted by Crippen LogP contribution is 2.38. The Labute approximate surface area is 112 Å². The van der Waals surface area contributed by atoms with Crippen molar-refractivity contribution in [2.24, 2.45) is 0 Å². The van der Waals surface area contributed by atoms with Crippen LogP contribution in [0.4, 0.5) is 0 Å². The summed E-state index contributed by atoms with van der Waals surface area (Å²) >= 11 is 0. The van der Waals surface area contributed by atoms with E-state index < -0.39 is 0 Å². The van der Waals surface area contributed by atoms with E-state index in [4.69, 9.17) is 9.15 Å². The summed E-state index contributed by atoms with van der Waals surface area (Å²) in [5.41, 5.74) is 2.81. The van der Waals surface area contributed by atoms with Gasteiger partial charge in [0.2, 0.25) is 0 Å². The zero-order valence-electron chi connectivity index (χ0n) is 11.1. The second-order valence-corrected chi connectivity index (χ2v) is 4.99. The van der Waals surface area contributed by atoms with Crippen LogP contribution < -0.4 is 4.74 Å². The molecule has 3 rings (SSSR count). The first-order valence-corrected chi connectivity index (χ1v) is 6.43. The molecule has 1 heterocycles. The third-order valence-corrected chi connectivity index (χ3v) is 3.77. The first kappa shape index (κ1) is 12.0. The summed E-state index contributed by atoms with van der Waals surface area (Å²) in [6.45, 7) is 1.92. The second kappa shape index (κ2) is 4.57. The number of methoxy groups -OCH3 is 1. The number of fused-ring (bicyclic) bond motifs is 1. The fourth-order valence-electron chi connectivity index (χ4n) is 2.87. The van der Waals surface area contributed by atoms with Crippen LogP contribution in [0.2, 0.25) is 0 Å². The van der Waals surface area contributed by atoms with Gasteiger partial charge in [0.25, 0.3) is 0 Å². The minimum absolute atomic E-state index is 0.140. The smallest absolute Gasteiger partial charge is 0.167 e.